The van der Waals surface area contributed by atoms with Crippen LogP contribution in [0.3, 0.4) is 0 Å². The van der Waals surface area contributed by atoms with E-state index in [-0.39, 0.29) is 18.2 Å². The van der Waals surface area contributed by atoms with Gasteiger partial charge in [0, 0.05) is 23.9 Å². The molecule has 1 aromatic carbocycles. The van der Waals surface area contributed by atoms with E-state index >= 15 is 0 Å². The summed E-state index contributed by atoms with van der Waals surface area (Å²) in [6.45, 7) is 0.198. The number of carbonyl (C=O) groups is 2. The Morgan fingerprint density at radius 1 is 1.00 bits per heavy atom. The third-order valence-corrected chi connectivity index (χ3v) is 4.95. The number of hydrogen-bond acceptors (Lipinski definition) is 3. The maximum absolute atomic E-state index is 12.0. The Morgan fingerprint density at radius 3 is 2.46 bits per heavy atom. The van der Waals surface area contributed by atoms with Crippen LogP contribution in [0.1, 0.15) is 62.8 Å². The summed E-state index contributed by atoms with van der Waals surface area (Å²) < 4.78 is 0. The second kappa shape index (κ2) is 8.13. The van der Waals surface area contributed by atoms with Gasteiger partial charge in [-0.3, -0.25) is 9.59 Å². The molecule has 1 aromatic rings. The molecule has 0 saturated heterocycles. The average molecular weight is 326 g/mol. The fourth-order valence-electron chi connectivity index (χ4n) is 3.60. The van der Waals surface area contributed by atoms with E-state index in [4.69, 9.17) is 0 Å². The maximum Gasteiger partial charge on any atom is 0.243 e. The number of amides is 1. The molecule has 1 fully saturated rings. The molecular weight excluding hydrogens is 300 g/mol. The number of allylic oxidation sites excluding steroid dienone is 2. The zero-order valence-corrected chi connectivity index (χ0v) is 14.1. The minimum atomic E-state index is -0.0839. The van der Waals surface area contributed by atoms with Gasteiger partial charge >= 0.3 is 0 Å². The highest BCUT2D eigenvalue weighted by Crippen LogP contribution is 2.32. The van der Waals surface area contributed by atoms with Crippen LogP contribution >= 0.6 is 0 Å². The number of hydrogen-bond donors (Lipinski definition) is 2. The summed E-state index contributed by atoms with van der Waals surface area (Å²) in [6, 6.07) is 8.26. The lowest BCUT2D eigenvalue weighted by atomic mass is 9.84. The first-order valence-electron chi connectivity index (χ1n) is 9.08. The molecule has 1 saturated carbocycles. The molecule has 128 valence electrons. The van der Waals surface area contributed by atoms with Gasteiger partial charge in [0.25, 0.3) is 0 Å². The third-order valence-electron chi connectivity index (χ3n) is 4.95. The summed E-state index contributed by atoms with van der Waals surface area (Å²) >= 11 is 0. The predicted octanol–water partition coefficient (Wildman–Crippen LogP) is 3.90. The molecule has 0 heterocycles. The SMILES string of the molecule is O=C1C=C(NCC(=O)Nc2ccc(C3CCCCC3)cc2)CCC1. The zero-order chi connectivity index (χ0) is 16.8. The molecule has 0 atom stereocenters. The first kappa shape index (κ1) is 16.7. The molecule has 2 aliphatic rings. The topological polar surface area (TPSA) is 58.2 Å². The van der Waals surface area contributed by atoms with Gasteiger partial charge in [-0.25, -0.2) is 0 Å². The number of nitrogens with one attached hydrogen (secondary N) is 2. The second-order valence-electron chi connectivity index (χ2n) is 6.85. The molecule has 1 amide bonds. The molecule has 0 unspecified atom stereocenters. The summed E-state index contributed by atoms with van der Waals surface area (Å²) in [7, 11) is 0. The molecule has 3 rings (SSSR count). The Hall–Kier alpha value is -2.10. The molecule has 0 spiro atoms. The van der Waals surface area contributed by atoms with Gasteiger partial charge in [-0.2, -0.15) is 0 Å². The van der Waals surface area contributed by atoms with Crippen LogP contribution in [0.25, 0.3) is 0 Å². The van der Waals surface area contributed by atoms with Crippen molar-refractivity contribution in [2.24, 2.45) is 0 Å². The smallest absolute Gasteiger partial charge is 0.243 e. The Morgan fingerprint density at radius 2 is 1.75 bits per heavy atom. The van der Waals surface area contributed by atoms with E-state index in [2.05, 4.69) is 22.8 Å². The first-order chi connectivity index (χ1) is 11.7. The normalized spacial score (nSPS) is 18.8. The van der Waals surface area contributed by atoms with Crippen molar-refractivity contribution in [2.45, 2.75) is 57.3 Å². The number of ketones is 1. The van der Waals surface area contributed by atoms with Crippen molar-refractivity contribution in [3.63, 3.8) is 0 Å². The molecular formula is C20H26N2O2. The number of anilines is 1. The van der Waals surface area contributed by atoms with E-state index in [1.54, 1.807) is 6.08 Å². The van der Waals surface area contributed by atoms with Gasteiger partial charge in [0.05, 0.1) is 6.54 Å². The maximum atomic E-state index is 12.0. The van der Waals surface area contributed by atoms with E-state index in [1.165, 1.54) is 37.7 Å². The molecule has 0 aliphatic heterocycles. The zero-order valence-electron chi connectivity index (χ0n) is 14.1. The van der Waals surface area contributed by atoms with Crippen molar-refractivity contribution in [1.29, 1.82) is 0 Å². The van der Waals surface area contributed by atoms with Crippen LogP contribution in [0.2, 0.25) is 0 Å². The predicted molar refractivity (Wildman–Crippen MR) is 95.8 cm³/mol. The summed E-state index contributed by atoms with van der Waals surface area (Å²) in [6.07, 6.45) is 10.5. The van der Waals surface area contributed by atoms with Gasteiger partial charge in [-0.05, 0) is 49.3 Å². The Balaban J connectivity index is 1.48. The van der Waals surface area contributed by atoms with Gasteiger partial charge in [-0.1, -0.05) is 31.4 Å². The van der Waals surface area contributed by atoms with Gasteiger partial charge < -0.3 is 10.6 Å². The molecule has 0 bridgehead atoms. The molecule has 24 heavy (non-hydrogen) atoms. The van der Waals surface area contributed by atoms with Gasteiger partial charge in [0.15, 0.2) is 5.78 Å². The Bertz CT molecular complexity index is 613. The quantitative estimate of drug-likeness (QED) is 0.863. The van der Waals surface area contributed by atoms with Crippen molar-refractivity contribution in [3.05, 3.63) is 41.6 Å². The van der Waals surface area contributed by atoms with Crippen LogP contribution < -0.4 is 10.6 Å². The van der Waals surface area contributed by atoms with E-state index in [1.807, 2.05) is 12.1 Å². The molecule has 4 nitrogen and oxygen atoms in total. The van der Waals surface area contributed by atoms with E-state index in [0.29, 0.717) is 12.3 Å². The van der Waals surface area contributed by atoms with Crippen LogP contribution in [0.5, 0.6) is 0 Å². The Kier molecular flexibility index (Phi) is 5.68. The van der Waals surface area contributed by atoms with Gasteiger partial charge in [0.1, 0.15) is 0 Å². The average Bonchev–Trinajstić information content (AvgIpc) is 2.61. The summed E-state index contributed by atoms with van der Waals surface area (Å²) in [5.74, 6) is 0.739. The number of benzene rings is 1. The van der Waals surface area contributed by atoms with Crippen molar-refractivity contribution >= 4 is 17.4 Å². The van der Waals surface area contributed by atoms with Crippen LogP contribution in [-0.2, 0) is 9.59 Å². The van der Waals surface area contributed by atoms with E-state index in [9.17, 15) is 9.59 Å². The Labute approximate surface area is 143 Å². The molecule has 2 N–H and O–H groups in total. The third kappa shape index (κ3) is 4.70. The van der Waals surface area contributed by atoms with Crippen molar-refractivity contribution in [3.8, 4) is 0 Å². The number of carbonyl (C=O) groups excluding carboxylic acids is 2. The van der Waals surface area contributed by atoms with E-state index < -0.39 is 0 Å². The number of rotatable bonds is 5. The lowest BCUT2D eigenvalue weighted by molar-refractivity contribution is -0.116. The fourth-order valence-corrected chi connectivity index (χ4v) is 3.60. The van der Waals surface area contributed by atoms with Crippen LogP contribution in [0.15, 0.2) is 36.0 Å². The molecule has 0 radical (unpaired) electrons. The lowest BCUT2D eigenvalue weighted by Crippen LogP contribution is -2.29. The summed E-state index contributed by atoms with van der Waals surface area (Å²) in [4.78, 5) is 23.4. The van der Waals surface area contributed by atoms with Crippen molar-refractivity contribution in [1.82, 2.24) is 5.32 Å². The fraction of sp³-hybridized carbons (Fsp3) is 0.500. The van der Waals surface area contributed by atoms with Crippen LogP contribution in [0, 0.1) is 0 Å². The summed E-state index contributed by atoms with van der Waals surface area (Å²) in [5.41, 5.74) is 3.08. The van der Waals surface area contributed by atoms with Gasteiger partial charge in [0.2, 0.25) is 5.91 Å². The van der Waals surface area contributed by atoms with Crippen molar-refractivity contribution in [2.75, 3.05) is 11.9 Å². The molecule has 0 aromatic heterocycles. The highest BCUT2D eigenvalue weighted by Gasteiger charge is 2.15. The first-order valence-corrected chi connectivity index (χ1v) is 9.08. The highest BCUT2D eigenvalue weighted by atomic mass is 16.2. The van der Waals surface area contributed by atoms with Gasteiger partial charge in [-0.15, -0.1) is 0 Å². The van der Waals surface area contributed by atoms with E-state index in [0.717, 1.165) is 24.2 Å². The highest BCUT2D eigenvalue weighted by molar-refractivity contribution is 5.93. The molecule has 2 aliphatic carbocycles. The minimum absolute atomic E-state index is 0.0839. The van der Waals surface area contributed by atoms with Crippen molar-refractivity contribution < 1.29 is 9.59 Å². The monoisotopic (exact) mass is 326 g/mol. The summed E-state index contributed by atoms with van der Waals surface area (Å²) in [5, 5.41) is 5.97. The van der Waals surface area contributed by atoms with Crippen LogP contribution in [0.4, 0.5) is 5.69 Å². The molecule has 4 heteroatoms. The standard InChI is InChI=1S/C20H26N2O2/c23-19-8-4-7-18(13-19)21-14-20(24)22-17-11-9-16(10-12-17)15-5-2-1-3-6-15/h9-13,15,21H,1-8,14H2,(H,22,24). The van der Waals surface area contributed by atoms with Crippen LogP contribution in [-0.4, -0.2) is 18.2 Å². The lowest BCUT2D eigenvalue weighted by Gasteiger charge is -2.22. The largest absolute Gasteiger partial charge is 0.379 e. The second-order valence-corrected chi connectivity index (χ2v) is 6.85. The minimum Gasteiger partial charge on any atom is -0.379 e.